The van der Waals surface area contributed by atoms with E-state index < -0.39 is 28.1 Å². The molecule has 1 saturated carbocycles. The van der Waals surface area contributed by atoms with Crippen molar-refractivity contribution in [2.75, 3.05) is 13.2 Å². The van der Waals surface area contributed by atoms with Crippen molar-refractivity contribution in [2.45, 2.75) is 55.6 Å². The van der Waals surface area contributed by atoms with Gasteiger partial charge in [0, 0.05) is 11.4 Å². The highest BCUT2D eigenvalue weighted by atomic mass is 35.5. The summed E-state index contributed by atoms with van der Waals surface area (Å²) < 4.78 is 39.2. The van der Waals surface area contributed by atoms with Crippen LogP contribution in [0.3, 0.4) is 0 Å². The first kappa shape index (κ1) is 23.9. The van der Waals surface area contributed by atoms with E-state index in [0.29, 0.717) is 29.0 Å². The Kier molecular flexibility index (Phi) is 7.46. The van der Waals surface area contributed by atoms with E-state index in [2.05, 4.69) is 0 Å². The van der Waals surface area contributed by atoms with Gasteiger partial charge in [0.15, 0.2) is 0 Å². The summed E-state index contributed by atoms with van der Waals surface area (Å²) in [5.41, 5.74) is 0. The van der Waals surface area contributed by atoms with Crippen LogP contribution >= 0.6 is 11.6 Å². The van der Waals surface area contributed by atoms with Crippen LogP contribution in [0.1, 0.15) is 38.5 Å². The van der Waals surface area contributed by atoms with Crippen LogP contribution < -0.4 is 9.47 Å². The molecule has 178 valence electrons. The van der Waals surface area contributed by atoms with E-state index in [9.17, 15) is 18.3 Å². The van der Waals surface area contributed by atoms with Gasteiger partial charge in [0.25, 0.3) is 0 Å². The summed E-state index contributed by atoms with van der Waals surface area (Å²) in [5.74, 6) is 0.459. The molecule has 0 amide bonds. The fourth-order valence-electron chi connectivity index (χ4n) is 4.46. The molecule has 2 atom stereocenters. The normalized spacial score (nSPS) is 22.2. The van der Waals surface area contributed by atoms with Crippen LogP contribution in [0.4, 0.5) is 0 Å². The van der Waals surface area contributed by atoms with Gasteiger partial charge in [0.05, 0.1) is 18.0 Å². The van der Waals surface area contributed by atoms with Gasteiger partial charge >= 0.3 is 5.97 Å². The van der Waals surface area contributed by atoms with Gasteiger partial charge in [-0.15, -0.1) is 0 Å². The summed E-state index contributed by atoms with van der Waals surface area (Å²) in [5, 5.41) is 10.2. The zero-order valence-corrected chi connectivity index (χ0v) is 19.8. The molecule has 33 heavy (non-hydrogen) atoms. The predicted molar refractivity (Wildman–Crippen MR) is 124 cm³/mol. The molecule has 0 bridgehead atoms. The lowest BCUT2D eigenvalue weighted by atomic mass is 9.90. The number of ether oxygens (including phenoxy) is 2. The summed E-state index contributed by atoms with van der Waals surface area (Å²) in [4.78, 5) is 11.9. The van der Waals surface area contributed by atoms with Crippen LogP contribution in [-0.2, 0) is 14.8 Å². The topological polar surface area (TPSA) is 93.1 Å². The number of carboxylic acids is 1. The third-order valence-electron chi connectivity index (χ3n) is 6.26. The number of rotatable bonds is 8. The van der Waals surface area contributed by atoms with Gasteiger partial charge in [-0.05, 0) is 67.3 Å². The van der Waals surface area contributed by atoms with Gasteiger partial charge in [-0.2, -0.15) is 4.31 Å². The largest absolute Gasteiger partial charge is 0.493 e. The number of carbonyl (C=O) groups is 1. The van der Waals surface area contributed by atoms with Gasteiger partial charge in [0.1, 0.15) is 23.6 Å². The lowest BCUT2D eigenvalue weighted by molar-refractivity contribution is -0.140. The monoisotopic (exact) mass is 493 g/mol. The van der Waals surface area contributed by atoms with Gasteiger partial charge in [0.2, 0.25) is 10.0 Å². The van der Waals surface area contributed by atoms with Gasteiger partial charge < -0.3 is 14.6 Å². The van der Waals surface area contributed by atoms with Crippen molar-refractivity contribution in [3.05, 3.63) is 53.6 Å². The molecule has 1 aliphatic heterocycles. The van der Waals surface area contributed by atoms with Crippen molar-refractivity contribution in [1.82, 2.24) is 4.31 Å². The minimum atomic E-state index is -4.02. The van der Waals surface area contributed by atoms with Crippen molar-refractivity contribution in [3.63, 3.8) is 0 Å². The van der Waals surface area contributed by atoms with Crippen LogP contribution in [0.2, 0.25) is 5.02 Å². The smallest absolute Gasteiger partial charge is 0.322 e. The molecular formula is C24H28ClNO6S. The molecule has 1 N–H and O–H groups in total. The zero-order chi connectivity index (χ0) is 23.4. The minimum Gasteiger partial charge on any atom is -0.493 e. The van der Waals surface area contributed by atoms with Gasteiger partial charge in [-0.25, -0.2) is 8.42 Å². The maximum Gasteiger partial charge on any atom is 0.322 e. The molecule has 2 aromatic carbocycles. The number of carboxylic acid groups (broad SMARTS) is 1. The van der Waals surface area contributed by atoms with E-state index in [1.165, 1.54) is 31.4 Å². The molecule has 0 radical (unpaired) electrons. The maximum absolute atomic E-state index is 13.3. The molecule has 2 aliphatic rings. The lowest BCUT2D eigenvalue weighted by Gasteiger charge is -2.22. The third-order valence-corrected chi connectivity index (χ3v) is 8.40. The molecule has 1 saturated heterocycles. The van der Waals surface area contributed by atoms with Crippen LogP contribution in [-0.4, -0.2) is 49.1 Å². The standard InChI is InChI=1S/C24H28ClNO6S/c25-18-6-8-20(9-7-18)32-21-14-23(24(27)28)26(15-21)33(29,30)22-12-10-19(11-13-22)31-16-17-4-2-1-3-5-17/h6-13,17,21,23H,1-5,14-16H2,(H,27,28)/t21-,23+/m1/s1. The SMILES string of the molecule is O=C(O)[C@@H]1C[C@@H](Oc2ccc(Cl)cc2)CN1S(=O)(=O)c1ccc(OCC2CCCCC2)cc1. The average Bonchev–Trinajstić information content (AvgIpc) is 3.25. The van der Waals surface area contributed by atoms with E-state index in [1.54, 1.807) is 36.4 Å². The maximum atomic E-state index is 13.3. The van der Waals surface area contributed by atoms with Crippen LogP contribution in [0.25, 0.3) is 0 Å². The highest BCUT2D eigenvalue weighted by Crippen LogP contribution is 2.31. The first-order valence-corrected chi connectivity index (χ1v) is 13.0. The summed E-state index contributed by atoms with van der Waals surface area (Å²) in [6, 6.07) is 11.7. The predicted octanol–water partition coefficient (Wildman–Crippen LogP) is 4.59. The number of hydrogen-bond donors (Lipinski definition) is 1. The van der Waals surface area contributed by atoms with Crippen molar-refractivity contribution < 1.29 is 27.8 Å². The zero-order valence-electron chi connectivity index (χ0n) is 18.2. The van der Waals surface area contributed by atoms with Gasteiger partial charge in [-0.1, -0.05) is 30.9 Å². The molecule has 2 aromatic rings. The second kappa shape index (κ2) is 10.3. The Morgan fingerprint density at radius 1 is 1.00 bits per heavy atom. The molecule has 4 rings (SSSR count). The Bertz CT molecular complexity index is 1050. The highest BCUT2D eigenvalue weighted by Gasteiger charge is 2.45. The number of aliphatic carboxylic acids is 1. The first-order chi connectivity index (χ1) is 15.8. The Morgan fingerprint density at radius 3 is 2.27 bits per heavy atom. The number of hydrogen-bond acceptors (Lipinski definition) is 5. The Morgan fingerprint density at radius 2 is 1.64 bits per heavy atom. The molecule has 7 nitrogen and oxygen atoms in total. The fourth-order valence-corrected chi connectivity index (χ4v) is 6.21. The first-order valence-electron chi connectivity index (χ1n) is 11.2. The van der Waals surface area contributed by atoms with Crippen molar-refractivity contribution in [1.29, 1.82) is 0 Å². The molecule has 1 heterocycles. The molecular weight excluding hydrogens is 466 g/mol. The summed E-state index contributed by atoms with van der Waals surface area (Å²) in [7, 11) is -4.02. The van der Waals surface area contributed by atoms with Crippen molar-refractivity contribution >= 4 is 27.6 Å². The van der Waals surface area contributed by atoms with Crippen molar-refractivity contribution in [3.8, 4) is 11.5 Å². The van der Waals surface area contributed by atoms with E-state index in [0.717, 1.165) is 17.1 Å². The van der Waals surface area contributed by atoms with Crippen molar-refractivity contribution in [2.24, 2.45) is 5.92 Å². The number of nitrogens with zero attached hydrogens (tertiary/aromatic N) is 1. The summed E-state index contributed by atoms with van der Waals surface area (Å²) in [6.07, 6.45) is 5.54. The summed E-state index contributed by atoms with van der Waals surface area (Å²) >= 11 is 5.88. The highest BCUT2D eigenvalue weighted by molar-refractivity contribution is 7.89. The Labute approximate surface area is 199 Å². The Hall–Kier alpha value is -2.29. The molecule has 0 spiro atoms. The van der Waals surface area contributed by atoms with Crippen LogP contribution in [0, 0.1) is 5.92 Å². The molecule has 9 heteroatoms. The second-order valence-electron chi connectivity index (χ2n) is 8.64. The molecule has 2 fully saturated rings. The number of benzene rings is 2. The average molecular weight is 494 g/mol. The van der Waals surface area contributed by atoms with Gasteiger partial charge in [-0.3, -0.25) is 4.79 Å². The van der Waals surface area contributed by atoms with Crippen LogP contribution in [0.5, 0.6) is 11.5 Å². The second-order valence-corrected chi connectivity index (χ2v) is 11.0. The lowest BCUT2D eigenvalue weighted by Crippen LogP contribution is -2.40. The molecule has 0 unspecified atom stereocenters. The minimum absolute atomic E-state index is 0.0332. The summed E-state index contributed by atoms with van der Waals surface area (Å²) in [6.45, 7) is 0.574. The van der Waals surface area contributed by atoms with Crippen LogP contribution in [0.15, 0.2) is 53.4 Å². The fraction of sp³-hybridized carbons (Fsp3) is 0.458. The molecule has 0 aromatic heterocycles. The number of halogens is 1. The third kappa shape index (κ3) is 5.80. The van der Waals surface area contributed by atoms with E-state index in [1.807, 2.05) is 0 Å². The van der Waals surface area contributed by atoms with E-state index >= 15 is 0 Å². The molecule has 1 aliphatic carbocycles. The Balaban J connectivity index is 1.43. The van der Waals surface area contributed by atoms with E-state index in [4.69, 9.17) is 21.1 Å². The van der Waals surface area contributed by atoms with E-state index in [-0.39, 0.29) is 17.9 Å². The number of sulfonamides is 1. The quantitative estimate of drug-likeness (QED) is 0.578.